The number of nitriles is 1. The molecule has 2 aromatic carbocycles. The van der Waals surface area contributed by atoms with Gasteiger partial charge in [0.1, 0.15) is 11.5 Å². The van der Waals surface area contributed by atoms with Gasteiger partial charge >= 0.3 is 0 Å². The minimum absolute atomic E-state index is 0.447. The van der Waals surface area contributed by atoms with Crippen molar-refractivity contribution in [1.82, 2.24) is 5.32 Å². The highest BCUT2D eigenvalue weighted by molar-refractivity contribution is 5.38. The molecular formula is C34H52N2O2. The van der Waals surface area contributed by atoms with Crippen LogP contribution in [-0.4, -0.2) is 27.3 Å². The molecule has 4 heteroatoms. The summed E-state index contributed by atoms with van der Waals surface area (Å²) in [6.45, 7) is 4.19. The van der Waals surface area contributed by atoms with Crippen LogP contribution in [-0.2, 0) is 11.8 Å². The van der Waals surface area contributed by atoms with Crippen LogP contribution in [0.4, 0.5) is 0 Å². The molecule has 2 rings (SSSR count). The Morgan fingerprint density at radius 2 is 1.29 bits per heavy atom. The average Bonchev–Trinajstić information content (AvgIpc) is 2.96. The zero-order valence-electron chi connectivity index (χ0n) is 24.4. The van der Waals surface area contributed by atoms with Gasteiger partial charge in [0.25, 0.3) is 0 Å². The molecule has 0 aliphatic carbocycles. The van der Waals surface area contributed by atoms with E-state index in [1.54, 1.807) is 14.2 Å². The molecule has 0 bridgehead atoms. The number of ether oxygens (including phenoxy) is 2. The number of rotatable bonds is 22. The molecule has 0 saturated carbocycles. The van der Waals surface area contributed by atoms with E-state index in [0.717, 1.165) is 68.7 Å². The summed E-state index contributed by atoms with van der Waals surface area (Å²) in [4.78, 5) is 0. The number of benzene rings is 2. The van der Waals surface area contributed by atoms with Crippen molar-refractivity contribution < 1.29 is 9.47 Å². The van der Waals surface area contributed by atoms with E-state index < -0.39 is 5.41 Å². The summed E-state index contributed by atoms with van der Waals surface area (Å²) in [5.41, 5.74) is 1.97. The van der Waals surface area contributed by atoms with Crippen LogP contribution in [0, 0.1) is 11.3 Å². The van der Waals surface area contributed by atoms with Crippen LogP contribution in [0.1, 0.15) is 108 Å². The second kappa shape index (κ2) is 19.5. The van der Waals surface area contributed by atoms with Crippen LogP contribution in [0.2, 0.25) is 0 Å². The fourth-order valence-corrected chi connectivity index (χ4v) is 5.31. The van der Waals surface area contributed by atoms with E-state index in [9.17, 15) is 5.26 Å². The molecule has 0 aliphatic heterocycles. The first-order chi connectivity index (χ1) is 18.7. The number of hydrogen-bond donors (Lipinski definition) is 1. The number of nitrogens with one attached hydrogen (secondary N) is 1. The molecule has 38 heavy (non-hydrogen) atoms. The van der Waals surface area contributed by atoms with E-state index in [-0.39, 0.29) is 0 Å². The van der Waals surface area contributed by atoms with Gasteiger partial charge in [0.2, 0.25) is 0 Å². The van der Waals surface area contributed by atoms with Gasteiger partial charge in [0.15, 0.2) is 0 Å². The molecule has 2 aromatic rings. The lowest BCUT2D eigenvalue weighted by Crippen LogP contribution is -2.27. The Bertz CT molecular complexity index is 923. The molecule has 4 nitrogen and oxygen atoms in total. The Balaban J connectivity index is 1.78. The lowest BCUT2D eigenvalue weighted by Gasteiger charge is -2.28. The zero-order chi connectivity index (χ0) is 27.3. The Morgan fingerprint density at radius 1 is 0.711 bits per heavy atom. The van der Waals surface area contributed by atoms with E-state index in [0.29, 0.717) is 0 Å². The summed E-state index contributed by atoms with van der Waals surface area (Å²) in [6.07, 6.45) is 18.0. The first-order valence-electron chi connectivity index (χ1n) is 15.1. The van der Waals surface area contributed by atoms with E-state index >= 15 is 0 Å². The van der Waals surface area contributed by atoms with Crippen molar-refractivity contribution in [2.45, 2.75) is 109 Å². The number of nitrogens with zero attached hydrogens (tertiary/aromatic N) is 1. The van der Waals surface area contributed by atoms with Crippen molar-refractivity contribution in [3.8, 4) is 17.6 Å². The maximum absolute atomic E-state index is 10.4. The van der Waals surface area contributed by atoms with Crippen LogP contribution in [0.15, 0.2) is 48.5 Å². The van der Waals surface area contributed by atoms with E-state index in [1.807, 2.05) is 18.2 Å². The highest BCUT2D eigenvalue weighted by atomic mass is 16.5. The molecule has 0 amide bonds. The molecular weight excluding hydrogens is 468 g/mol. The maximum Gasteiger partial charge on any atom is 0.119 e. The van der Waals surface area contributed by atoms with E-state index in [1.165, 1.54) is 63.4 Å². The first kappa shape index (κ1) is 31.7. The van der Waals surface area contributed by atoms with Gasteiger partial charge in [0.05, 0.1) is 25.7 Å². The van der Waals surface area contributed by atoms with Gasteiger partial charge in [0, 0.05) is 0 Å². The van der Waals surface area contributed by atoms with Gasteiger partial charge in [-0.1, -0.05) is 95.4 Å². The van der Waals surface area contributed by atoms with Crippen LogP contribution in [0.5, 0.6) is 11.5 Å². The Morgan fingerprint density at radius 3 is 1.95 bits per heavy atom. The van der Waals surface area contributed by atoms with Crippen LogP contribution in [0.3, 0.4) is 0 Å². The Kier molecular flexibility index (Phi) is 16.3. The number of unbranched alkanes of at least 4 members (excludes halogenated alkanes) is 9. The smallest absolute Gasteiger partial charge is 0.119 e. The first-order valence-corrected chi connectivity index (χ1v) is 15.1. The van der Waals surface area contributed by atoms with E-state index in [2.05, 4.69) is 48.6 Å². The minimum atomic E-state index is -0.447. The minimum Gasteiger partial charge on any atom is -0.497 e. The van der Waals surface area contributed by atoms with Crippen molar-refractivity contribution >= 4 is 0 Å². The SMILES string of the molecule is CCCCCCCCCCCCC(C#N)(CCCNCCCc1cccc(OC)c1)c1cccc(OC)c1. The summed E-state index contributed by atoms with van der Waals surface area (Å²) in [7, 11) is 3.41. The van der Waals surface area contributed by atoms with Crippen molar-refractivity contribution in [1.29, 1.82) is 5.26 Å². The van der Waals surface area contributed by atoms with Gasteiger partial charge in [-0.3, -0.25) is 0 Å². The topological polar surface area (TPSA) is 54.3 Å². The molecule has 0 heterocycles. The quantitative estimate of drug-likeness (QED) is 0.158. The lowest BCUT2D eigenvalue weighted by molar-refractivity contribution is 0.400. The lowest BCUT2D eigenvalue weighted by atomic mass is 9.74. The van der Waals surface area contributed by atoms with Crippen molar-refractivity contribution in [3.63, 3.8) is 0 Å². The second-order valence-corrected chi connectivity index (χ2v) is 10.7. The van der Waals surface area contributed by atoms with Crippen molar-refractivity contribution in [2.24, 2.45) is 0 Å². The van der Waals surface area contributed by atoms with Gasteiger partial charge in [-0.15, -0.1) is 0 Å². The van der Waals surface area contributed by atoms with Gasteiger partial charge < -0.3 is 14.8 Å². The molecule has 0 spiro atoms. The standard InChI is InChI=1S/C34H52N2O2/c1-4-5-6-7-8-9-10-11-12-13-23-34(29-35,31-20-15-22-33(28-31)38-3)24-17-26-36-25-16-19-30-18-14-21-32(27-30)37-2/h14-15,18,20-22,27-28,36H,4-13,16-17,19,23-26H2,1-3H3. The molecule has 0 aromatic heterocycles. The van der Waals surface area contributed by atoms with Gasteiger partial charge in [-0.25, -0.2) is 0 Å². The summed E-state index contributed by atoms with van der Waals surface area (Å²) in [5.74, 6) is 1.75. The molecule has 1 unspecified atom stereocenters. The number of methoxy groups -OCH3 is 2. The highest BCUT2D eigenvalue weighted by Crippen LogP contribution is 2.36. The van der Waals surface area contributed by atoms with Gasteiger partial charge in [-0.05, 0) is 80.6 Å². The molecule has 0 aliphatic rings. The predicted molar refractivity (Wildman–Crippen MR) is 160 cm³/mol. The third kappa shape index (κ3) is 11.9. The van der Waals surface area contributed by atoms with Crippen LogP contribution in [0.25, 0.3) is 0 Å². The summed E-state index contributed by atoms with van der Waals surface area (Å²) in [6, 6.07) is 19.2. The monoisotopic (exact) mass is 520 g/mol. The largest absolute Gasteiger partial charge is 0.497 e. The van der Waals surface area contributed by atoms with Crippen molar-refractivity contribution in [2.75, 3.05) is 27.3 Å². The Labute approximate surface area is 233 Å². The fraction of sp³-hybridized carbons (Fsp3) is 0.618. The maximum atomic E-state index is 10.4. The fourth-order valence-electron chi connectivity index (χ4n) is 5.31. The predicted octanol–water partition coefficient (Wildman–Crippen LogP) is 8.78. The third-order valence-corrected chi connectivity index (χ3v) is 7.70. The molecule has 0 radical (unpaired) electrons. The number of aryl methyl sites for hydroxylation is 1. The summed E-state index contributed by atoms with van der Waals surface area (Å²) < 4.78 is 10.8. The molecule has 0 saturated heterocycles. The summed E-state index contributed by atoms with van der Waals surface area (Å²) >= 11 is 0. The molecule has 1 N–H and O–H groups in total. The second-order valence-electron chi connectivity index (χ2n) is 10.7. The van der Waals surface area contributed by atoms with Crippen LogP contribution >= 0.6 is 0 Å². The molecule has 0 fully saturated rings. The molecule has 210 valence electrons. The molecule has 1 atom stereocenters. The normalized spacial score (nSPS) is 12.6. The summed E-state index contributed by atoms with van der Waals surface area (Å²) in [5, 5.41) is 14.0. The number of hydrogen-bond acceptors (Lipinski definition) is 4. The van der Waals surface area contributed by atoms with Crippen molar-refractivity contribution in [3.05, 3.63) is 59.7 Å². The van der Waals surface area contributed by atoms with Crippen LogP contribution < -0.4 is 14.8 Å². The van der Waals surface area contributed by atoms with E-state index in [4.69, 9.17) is 9.47 Å². The van der Waals surface area contributed by atoms with Gasteiger partial charge in [-0.2, -0.15) is 5.26 Å². The average molecular weight is 521 g/mol. The Hall–Kier alpha value is -2.51. The highest BCUT2D eigenvalue weighted by Gasteiger charge is 2.31. The zero-order valence-corrected chi connectivity index (χ0v) is 24.4. The third-order valence-electron chi connectivity index (χ3n) is 7.70.